The number of hydrogen-bond donors (Lipinski definition) is 0. The Labute approximate surface area is 158 Å². The van der Waals surface area contributed by atoms with Gasteiger partial charge in [-0.25, -0.2) is 0 Å². The summed E-state index contributed by atoms with van der Waals surface area (Å²) in [6, 6.07) is 15.9. The lowest BCUT2D eigenvalue weighted by Gasteiger charge is -2.15. The van der Waals surface area contributed by atoms with Crippen molar-refractivity contribution in [1.82, 2.24) is 15.0 Å². The molecular weight excluding hydrogens is 342 g/mol. The largest absolute Gasteiger partial charge is 0.497 e. The van der Waals surface area contributed by atoms with Crippen LogP contribution < -0.4 is 9.47 Å². The Morgan fingerprint density at radius 2 is 1.89 bits per heavy atom. The first-order chi connectivity index (χ1) is 13.2. The molecule has 0 bridgehead atoms. The fourth-order valence-corrected chi connectivity index (χ4v) is 3.47. The number of rotatable bonds is 6. The molecule has 0 radical (unpaired) electrons. The SMILES string of the molecule is COc1ccc(-c2noc([C@H]3CCN(Cc4cccc(OC)c4)C3)n2)cc1. The van der Waals surface area contributed by atoms with Gasteiger partial charge in [0.05, 0.1) is 20.1 Å². The smallest absolute Gasteiger partial charge is 0.231 e. The third-order valence-electron chi connectivity index (χ3n) is 4.95. The second kappa shape index (κ2) is 7.80. The number of ether oxygens (including phenoxy) is 2. The number of aromatic nitrogens is 2. The van der Waals surface area contributed by atoms with E-state index in [9.17, 15) is 0 Å². The minimum absolute atomic E-state index is 0.273. The van der Waals surface area contributed by atoms with Gasteiger partial charge < -0.3 is 14.0 Å². The van der Waals surface area contributed by atoms with Crippen LogP contribution in [-0.4, -0.2) is 42.3 Å². The number of nitrogens with zero attached hydrogens (tertiary/aromatic N) is 3. The Balaban J connectivity index is 1.40. The van der Waals surface area contributed by atoms with E-state index in [2.05, 4.69) is 27.2 Å². The molecule has 0 spiro atoms. The highest BCUT2D eigenvalue weighted by molar-refractivity contribution is 5.55. The quantitative estimate of drug-likeness (QED) is 0.663. The summed E-state index contributed by atoms with van der Waals surface area (Å²) in [6.07, 6.45) is 1.02. The van der Waals surface area contributed by atoms with Gasteiger partial charge in [0.25, 0.3) is 0 Å². The lowest BCUT2D eigenvalue weighted by molar-refractivity contribution is 0.308. The Morgan fingerprint density at radius 3 is 2.67 bits per heavy atom. The molecule has 1 saturated heterocycles. The maximum Gasteiger partial charge on any atom is 0.231 e. The highest BCUT2D eigenvalue weighted by Gasteiger charge is 2.28. The van der Waals surface area contributed by atoms with Crippen molar-refractivity contribution in [2.45, 2.75) is 18.9 Å². The first kappa shape index (κ1) is 17.5. The molecule has 140 valence electrons. The zero-order chi connectivity index (χ0) is 18.6. The summed E-state index contributed by atoms with van der Waals surface area (Å²) in [6.45, 7) is 2.83. The van der Waals surface area contributed by atoms with Crippen molar-refractivity contribution in [2.75, 3.05) is 27.3 Å². The van der Waals surface area contributed by atoms with E-state index < -0.39 is 0 Å². The number of methoxy groups -OCH3 is 2. The van der Waals surface area contributed by atoms with Gasteiger partial charge in [0.15, 0.2) is 0 Å². The molecule has 1 fully saturated rings. The molecule has 27 heavy (non-hydrogen) atoms. The Kier molecular flexibility index (Phi) is 5.07. The molecule has 6 nitrogen and oxygen atoms in total. The molecule has 0 saturated carbocycles. The van der Waals surface area contributed by atoms with Gasteiger partial charge in [-0.05, 0) is 54.9 Å². The second-order valence-corrected chi connectivity index (χ2v) is 6.76. The molecule has 1 aliphatic heterocycles. The van der Waals surface area contributed by atoms with Gasteiger partial charge in [-0.3, -0.25) is 4.90 Å². The summed E-state index contributed by atoms with van der Waals surface area (Å²) < 4.78 is 16.1. The zero-order valence-electron chi connectivity index (χ0n) is 15.6. The monoisotopic (exact) mass is 365 g/mol. The van der Waals surface area contributed by atoms with E-state index in [1.54, 1.807) is 14.2 Å². The predicted octanol–water partition coefficient (Wildman–Crippen LogP) is 3.74. The van der Waals surface area contributed by atoms with E-state index >= 15 is 0 Å². The minimum Gasteiger partial charge on any atom is -0.497 e. The van der Waals surface area contributed by atoms with Gasteiger partial charge in [0.2, 0.25) is 11.7 Å². The summed E-state index contributed by atoms with van der Waals surface area (Å²) >= 11 is 0. The summed E-state index contributed by atoms with van der Waals surface area (Å²) in [5, 5.41) is 4.16. The third kappa shape index (κ3) is 3.95. The van der Waals surface area contributed by atoms with Crippen LogP contribution in [0.1, 0.15) is 23.8 Å². The van der Waals surface area contributed by atoms with Crippen molar-refractivity contribution in [3.63, 3.8) is 0 Å². The topological polar surface area (TPSA) is 60.6 Å². The van der Waals surface area contributed by atoms with Gasteiger partial charge in [0, 0.05) is 18.7 Å². The molecule has 1 atom stereocenters. The standard InChI is InChI=1S/C21H23N3O3/c1-25-18-8-6-16(7-9-18)20-22-21(27-23-20)17-10-11-24(14-17)13-15-4-3-5-19(12-15)26-2/h3-9,12,17H,10-11,13-14H2,1-2H3/t17-/m0/s1. The first-order valence-corrected chi connectivity index (χ1v) is 9.08. The zero-order valence-corrected chi connectivity index (χ0v) is 15.6. The van der Waals surface area contributed by atoms with Crippen LogP contribution in [0, 0.1) is 0 Å². The number of likely N-dealkylation sites (tertiary alicyclic amines) is 1. The van der Waals surface area contributed by atoms with Crippen LogP contribution in [0.2, 0.25) is 0 Å². The summed E-state index contributed by atoms with van der Waals surface area (Å²) in [5.41, 5.74) is 2.18. The molecule has 1 aromatic heterocycles. The van der Waals surface area contributed by atoms with Gasteiger partial charge in [-0.1, -0.05) is 17.3 Å². The van der Waals surface area contributed by atoms with Crippen LogP contribution in [0.15, 0.2) is 53.1 Å². The van der Waals surface area contributed by atoms with Crippen LogP contribution >= 0.6 is 0 Å². The van der Waals surface area contributed by atoms with Gasteiger partial charge >= 0.3 is 0 Å². The van der Waals surface area contributed by atoms with Crippen LogP contribution in [0.4, 0.5) is 0 Å². The normalized spacial score (nSPS) is 17.2. The Bertz CT molecular complexity index is 892. The van der Waals surface area contributed by atoms with Crippen LogP contribution in [0.5, 0.6) is 11.5 Å². The van der Waals surface area contributed by atoms with Crippen LogP contribution in [0.25, 0.3) is 11.4 Å². The third-order valence-corrected chi connectivity index (χ3v) is 4.95. The molecule has 6 heteroatoms. The summed E-state index contributed by atoms with van der Waals surface area (Å²) in [7, 11) is 3.35. The number of benzene rings is 2. The molecule has 3 aromatic rings. The van der Waals surface area contributed by atoms with E-state index in [4.69, 9.17) is 14.0 Å². The van der Waals surface area contributed by atoms with E-state index in [-0.39, 0.29) is 5.92 Å². The predicted molar refractivity (Wildman–Crippen MR) is 102 cm³/mol. The molecule has 1 aliphatic rings. The summed E-state index contributed by atoms with van der Waals surface area (Å²) in [5.74, 6) is 3.32. The van der Waals surface area contributed by atoms with Crippen molar-refractivity contribution in [1.29, 1.82) is 0 Å². The van der Waals surface area contributed by atoms with Gasteiger partial charge in [0.1, 0.15) is 11.5 Å². The Morgan fingerprint density at radius 1 is 1.07 bits per heavy atom. The maximum absolute atomic E-state index is 5.56. The van der Waals surface area contributed by atoms with Crippen molar-refractivity contribution < 1.29 is 14.0 Å². The molecule has 4 rings (SSSR count). The van der Waals surface area contributed by atoms with E-state index in [1.165, 1.54) is 5.56 Å². The van der Waals surface area contributed by atoms with Crippen LogP contribution in [-0.2, 0) is 6.54 Å². The average Bonchev–Trinajstić information content (AvgIpc) is 3.38. The second-order valence-electron chi connectivity index (χ2n) is 6.76. The maximum atomic E-state index is 5.56. The first-order valence-electron chi connectivity index (χ1n) is 9.08. The minimum atomic E-state index is 0.273. The van der Waals surface area contributed by atoms with Gasteiger partial charge in [-0.2, -0.15) is 4.98 Å². The average molecular weight is 365 g/mol. The molecule has 2 aromatic carbocycles. The highest BCUT2D eigenvalue weighted by Crippen LogP contribution is 2.29. The Hall–Kier alpha value is -2.86. The molecule has 0 aliphatic carbocycles. The fourth-order valence-electron chi connectivity index (χ4n) is 3.47. The van der Waals surface area contributed by atoms with Gasteiger partial charge in [-0.15, -0.1) is 0 Å². The van der Waals surface area contributed by atoms with Crippen molar-refractivity contribution >= 4 is 0 Å². The molecule has 0 unspecified atom stereocenters. The lowest BCUT2D eigenvalue weighted by atomic mass is 10.1. The lowest BCUT2D eigenvalue weighted by Crippen LogP contribution is -2.19. The molecule has 0 amide bonds. The van der Waals surface area contributed by atoms with E-state index in [0.29, 0.717) is 11.7 Å². The van der Waals surface area contributed by atoms with Crippen molar-refractivity contribution in [3.05, 3.63) is 60.0 Å². The van der Waals surface area contributed by atoms with E-state index in [1.807, 2.05) is 36.4 Å². The molecule has 0 N–H and O–H groups in total. The molecular formula is C21H23N3O3. The highest BCUT2D eigenvalue weighted by atomic mass is 16.5. The fraction of sp³-hybridized carbons (Fsp3) is 0.333. The van der Waals surface area contributed by atoms with E-state index in [0.717, 1.165) is 43.1 Å². The van der Waals surface area contributed by atoms with Crippen LogP contribution in [0.3, 0.4) is 0 Å². The van der Waals surface area contributed by atoms with Crippen molar-refractivity contribution in [2.24, 2.45) is 0 Å². The number of hydrogen-bond acceptors (Lipinski definition) is 6. The molecule has 2 heterocycles. The van der Waals surface area contributed by atoms with Crippen molar-refractivity contribution in [3.8, 4) is 22.9 Å². The summed E-state index contributed by atoms with van der Waals surface area (Å²) in [4.78, 5) is 7.03.